The second kappa shape index (κ2) is 9.01. The molecule has 0 saturated carbocycles. The largest absolute Gasteiger partial charge is 0.418 e. The number of hydrogen-bond acceptors (Lipinski definition) is 2. The van der Waals surface area contributed by atoms with Crippen LogP contribution in [0.25, 0.3) is 22.3 Å². The van der Waals surface area contributed by atoms with Crippen LogP contribution in [0.5, 0.6) is 0 Å². The van der Waals surface area contributed by atoms with Gasteiger partial charge in [0.25, 0.3) is 0 Å². The van der Waals surface area contributed by atoms with Crippen molar-refractivity contribution in [3.63, 3.8) is 0 Å². The maximum atomic E-state index is 13.8. The number of aryl methyl sites for hydroxylation is 5. The number of rotatable bonds is 3. The van der Waals surface area contributed by atoms with Gasteiger partial charge in [-0.15, -0.1) is 0 Å². The Kier molecular flexibility index (Phi) is 6.80. The van der Waals surface area contributed by atoms with Gasteiger partial charge in [0.15, 0.2) is 0 Å². The molecular weight excluding hydrogens is 472 g/mol. The van der Waals surface area contributed by atoms with E-state index in [2.05, 4.69) is 17.2 Å². The number of isothiocyanates is 1. The first kappa shape index (κ1) is 25.7. The van der Waals surface area contributed by atoms with E-state index < -0.39 is 29.2 Å². The summed E-state index contributed by atoms with van der Waals surface area (Å²) in [6.45, 7) is 9.27. The van der Waals surface area contributed by atoms with Crippen LogP contribution in [-0.4, -0.2) is 5.16 Å². The fraction of sp³-hybridized carbons (Fsp3) is 0.269. The van der Waals surface area contributed by atoms with Crippen molar-refractivity contribution >= 4 is 23.1 Å². The van der Waals surface area contributed by atoms with Crippen molar-refractivity contribution in [2.24, 2.45) is 4.99 Å². The van der Waals surface area contributed by atoms with Crippen molar-refractivity contribution in [1.29, 1.82) is 0 Å². The van der Waals surface area contributed by atoms with Gasteiger partial charge >= 0.3 is 12.4 Å². The SMILES string of the molecule is Cc1cc(C)c(-c2cc(C)c(-c3cc(C(F)(F)F)c(N=C=S)c(C(F)(F)F)c3)c(C)c2)c(C)c1. The van der Waals surface area contributed by atoms with Crippen molar-refractivity contribution in [1.82, 2.24) is 0 Å². The van der Waals surface area contributed by atoms with Crippen LogP contribution in [0.4, 0.5) is 32.0 Å². The van der Waals surface area contributed by atoms with Crippen LogP contribution in [0.1, 0.15) is 38.9 Å². The maximum Gasteiger partial charge on any atom is 0.418 e. The Morgan fingerprint density at radius 3 is 1.32 bits per heavy atom. The number of benzene rings is 3. The summed E-state index contributed by atoms with van der Waals surface area (Å²) >= 11 is 4.31. The lowest BCUT2D eigenvalue weighted by Gasteiger charge is -2.20. The number of alkyl halides is 6. The Hall–Kier alpha value is -2.96. The molecule has 1 nitrogen and oxygen atoms in total. The molecule has 8 heteroatoms. The molecule has 0 amide bonds. The number of thiocarbonyl (C=S) groups is 1. The molecule has 178 valence electrons. The van der Waals surface area contributed by atoms with Crippen molar-refractivity contribution in [3.8, 4) is 22.3 Å². The quantitative estimate of drug-likeness (QED) is 0.201. The summed E-state index contributed by atoms with van der Waals surface area (Å²) in [5, 5.41) is 1.64. The monoisotopic (exact) mass is 493 g/mol. The second-order valence-electron chi connectivity index (χ2n) is 8.38. The smallest absolute Gasteiger partial charge is 0.193 e. The molecule has 3 aromatic carbocycles. The van der Waals surface area contributed by atoms with Gasteiger partial charge in [0.05, 0.1) is 22.0 Å². The third-order valence-corrected chi connectivity index (χ3v) is 5.76. The topological polar surface area (TPSA) is 12.4 Å². The molecule has 0 spiro atoms. The first-order valence-corrected chi connectivity index (χ1v) is 10.7. The van der Waals surface area contributed by atoms with Gasteiger partial charge in [-0.3, -0.25) is 0 Å². The summed E-state index contributed by atoms with van der Waals surface area (Å²) in [4.78, 5) is 3.12. The van der Waals surface area contributed by atoms with Crippen LogP contribution < -0.4 is 0 Å². The zero-order chi connectivity index (χ0) is 25.6. The highest BCUT2D eigenvalue weighted by molar-refractivity contribution is 7.78. The van der Waals surface area contributed by atoms with Crippen LogP contribution in [0.3, 0.4) is 0 Å². The molecular formula is C26H21F6NS. The molecule has 0 atom stereocenters. The van der Waals surface area contributed by atoms with Crippen LogP contribution in [0.15, 0.2) is 41.4 Å². The van der Waals surface area contributed by atoms with Crippen molar-refractivity contribution in [3.05, 3.63) is 75.3 Å². The molecule has 0 unspecified atom stereocenters. The first-order chi connectivity index (χ1) is 15.6. The fourth-order valence-corrected chi connectivity index (χ4v) is 4.67. The summed E-state index contributed by atoms with van der Waals surface area (Å²) < 4.78 is 82.5. The van der Waals surface area contributed by atoms with E-state index in [0.717, 1.165) is 27.8 Å². The highest BCUT2D eigenvalue weighted by Gasteiger charge is 2.42. The van der Waals surface area contributed by atoms with Gasteiger partial charge in [-0.05, 0) is 103 Å². The Labute approximate surface area is 199 Å². The highest BCUT2D eigenvalue weighted by Crippen LogP contribution is 2.47. The molecule has 0 aliphatic rings. The van der Waals surface area contributed by atoms with Crippen LogP contribution in [0, 0.1) is 34.6 Å². The van der Waals surface area contributed by atoms with E-state index in [1.54, 1.807) is 31.1 Å². The lowest BCUT2D eigenvalue weighted by atomic mass is 9.87. The first-order valence-electron chi connectivity index (χ1n) is 10.2. The van der Waals surface area contributed by atoms with Crippen LogP contribution in [-0.2, 0) is 12.4 Å². The lowest BCUT2D eigenvalue weighted by Crippen LogP contribution is -2.12. The van der Waals surface area contributed by atoms with Gasteiger partial charge in [0, 0.05) is 0 Å². The van der Waals surface area contributed by atoms with E-state index in [1.165, 1.54) is 0 Å². The van der Waals surface area contributed by atoms with E-state index in [0.29, 0.717) is 28.8 Å². The molecule has 0 fully saturated rings. The normalized spacial score (nSPS) is 12.0. The van der Waals surface area contributed by atoms with Gasteiger partial charge in [-0.25, -0.2) is 0 Å². The van der Waals surface area contributed by atoms with E-state index in [9.17, 15) is 26.3 Å². The van der Waals surface area contributed by atoms with Gasteiger partial charge in [-0.2, -0.15) is 31.3 Å². The fourth-order valence-electron chi connectivity index (χ4n) is 4.58. The summed E-state index contributed by atoms with van der Waals surface area (Å²) in [6.07, 6.45) is -10.1. The van der Waals surface area contributed by atoms with E-state index in [1.807, 2.05) is 32.9 Å². The Morgan fingerprint density at radius 1 is 0.618 bits per heavy atom. The van der Waals surface area contributed by atoms with Gasteiger partial charge in [0.1, 0.15) is 0 Å². The van der Waals surface area contributed by atoms with Crippen LogP contribution >= 0.6 is 12.2 Å². The molecule has 0 bridgehead atoms. The lowest BCUT2D eigenvalue weighted by molar-refractivity contribution is -0.141. The zero-order valence-electron chi connectivity index (χ0n) is 19.1. The van der Waals surface area contributed by atoms with E-state index in [4.69, 9.17) is 0 Å². The highest BCUT2D eigenvalue weighted by atomic mass is 32.1. The number of halogens is 6. The third kappa shape index (κ3) is 4.93. The molecule has 3 rings (SSSR count). The van der Waals surface area contributed by atoms with Gasteiger partial charge < -0.3 is 0 Å². The van der Waals surface area contributed by atoms with E-state index in [-0.39, 0.29) is 5.56 Å². The molecule has 34 heavy (non-hydrogen) atoms. The minimum Gasteiger partial charge on any atom is -0.193 e. The summed E-state index contributed by atoms with van der Waals surface area (Å²) in [5.41, 5.74) is 1.92. The molecule has 3 aromatic rings. The molecule has 0 aliphatic carbocycles. The third-order valence-electron chi connectivity index (χ3n) is 5.67. The molecule has 0 radical (unpaired) electrons. The average Bonchev–Trinajstić information content (AvgIpc) is 2.66. The summed E-state index contributed by atoms with van der Waals surface area (Å²) in [6, 6.07) is 9.02. The Morgan fingerprint density at radius 2 is 0.971 bits per heavy atom. The molecule has 0 heterocycles. The van der Waals surface area contributed by atoms with Crippen molar-refractivity contribution < 1.29 is 26.3 Å². The predicted octanol–water partition coefficient (Wildman–Crippen LogP) is 9.33. The molecule has 0 aliphatic heterocycles. The summed E-state index contributed by atoms with van der Waals surface area (Å²) in [5.74, 6) is 0. The number of aliphatic imine (C=N–C) groups is 1. The Balaban J connectivity index is 2.34. The van der Waals surface area contributed by atoms with Gasteiger partial charge in [-0.1, -0.05) is 29.8 Å². The number of nitrogens with zero attached hydrogens (tertiary/aromatic N) is 1. The van der Waals surface area contributed by atoms with Crippen LogP contribution in [0.2, 0.25) is 0 Å². The number of hydrogen-bond donors (Lipinski definition) is 0. The average molecular weight is 494 g/mol. The zero-order valence-corrected chi connectivity index (χ0v) is 19.9. The summed E-state index contributed by atoms with van der Waals surface area (Å²) in [7, 11) is 0. The maximum absolute atomic E-state index is 13.8. The molecule has 0 saturated heterocycles. The molecule has 0 N–H and O–H groups in total. The second-order valence-corrected chi connectivity index (χ2v) is 8.56. The van der Waals surface area contributed by atoms with E-state index >= 15 is 0 Å². The van der Waals surface area contributed by atoms with Crippen molar-refractivity contribution in [2.75, 3.05) is 0 Å². The Bertz CT molecular complexity index is 1250. The molecule has 0 aromatic heterocycles. The van der Waals surface area contributed by atoms with Gasteiger partial charge in [0.2, 0.25) is 0 Å². The minimum absolute atomic E-state index is 0.193. The van der Waals surface area contributed by atoms with Crippen molar-refractivity contribution in [2.45, 2.75) is 47.0 Å². The predicted molar refractivity (Wildman–Crippen MR) is 126 cm³/mol. The standard InChI is InChI=1S/C26H21F6NS/c1-13-6-14(2)22(15(3)7-13)18-8-16(4)23(17(5)9-18)19-10-20(25(27,28)29)24(33-12-34)21(11-19)26(30,31)32/h6-11H,1-5H3. The minimum atomic E-state index is -5.07.